The van der Waals surface area contributed by atoms with Crippen molar-refractivity contribution in [1.82, 2.24) is 0 Å². The molecule has 0 bridgehead atoms. The van der Waals surface area contributed by atoms with Crippen LogP contribution in [0.15, 0.2) is 27.6 Å². The Morgan fingerprint density at radius 2 is 2.07 bits per heavy atom. The van der Waals surface area contributed by atoms with Gasteiger partial charge in [0.25, 0.3) is 0 Å². The van der Waals surface area contributed by atoms with Gasteiger partial charge in [-0.1, -0.05) is 6.07 Å². The van der Waals surface area contributed by atoms with E-state index in [1.54, 1.807) is 12.1 Å². The number of para-hydroxylation sites is 1. The molecule has 1 aromatic rings. The summed E-state index contributed by atoms with van der Waals surface area (Å²) in [5.74, 6) is 0.322. The van der Waals surface area contributed by atoms with Gasteiger partial charge in [0.15, 0.2) is 5.75 Å². The van der Waals surface area contributed by atoms with Crippen molar-refractivity contribution in [2.45, 2.75) is 23.8 Å². The number of hydrogen-bond donors (Lipinski definition) is 1. The zero-order chi connectivity index (χ0) is 11.1. The third-order valence-corrected chi connectivity index (χ3v) is 3.61. The zero-order valence-electron chi connectivity index (χ0n) is 7.81. The highest BCUT2D eigenvalue weighted by atomic mass is 79.9. The number of nitrogens with two attached hydrogens (primary N) is 1. The minimum absolute atomic E-state index is 0.0313. The molecule has 15 heavy (non-hydrogen) atoms. The van der Waals surface area contributed by atoms with Gasteiger partial charge in [-0.2, -0.15) is 0 Å². The van der Waals surface area contributed by atoms with Crippen LogP contribution in [-0.4, -0.2) is 14.5 Å². The highest BCUT2D eigenvalue weighted by molar-refractivity contribution is 9.10. The van der Waals surface area contributed by atoms with E-state index in [9.17, 15) is 8.42 Å². The number of ether oxygens (including phenoxy) is 1. The van der Waals surface area contributed by atoms with Gasteiger partial charge in [-0.05, 0) is 40.9 Å². The molecule has 0 atom stereocenters. The van der Waals surface area contributed by atoms with Gasteiger partial charge >= 0.3 is 0 Å². The first-order valence-electron chi connectivity index (χ1n) is 4.46. The fourth-order valence-electron chi connectivity index (χ4n) is 1.18. The van der Waals surface area contributed by atoms with Gasteiger partial charge in [0, 0.05) is 0 Å². The number of sulfonamides is 1. The number of primary sulfonamides is 1. The Kier molecular flexibility index (Phi) is 2.74. The molecule has 1 aliphatic carbocycles. The van der Waals surface area contributed by atoms with Crippen molar-refractivity contribution < 1.29 is 13.2 Å². The first-order valence-corrected chi connectivity index (χ1v) is 6.80. The Morgan fingerprint density at radius 1 is 1.40 bits per heavy atom. The second-order valence-corrected chi connectivity index (χ2v) is 5.81. The standard InChI is InChI=1S/C9H10BrNO3S/c10-7-2-1-3-8(15(11,12)13)9(7)14-6-4-5-6/h1-3,6H,4-5H2,(H2,11,12,13). The van der Waals surface area contributed by atoms with Crippen LogP contribution in [0.4, 0.5) is 0 Å². The van der Waals surface area contributed by atoms with Crippen molar-refractivity contribution in [2.24, 2.45) is 5.14 Å². The molecule has 0 heterocycles. The summed E-state index contributed by atoms with van der Waals surface area (Å²) in [6.07, 6.45) is 2.06. The van der Waals surface area contributed by atoms with Gasteiger partial charge in [-0.15, -0.1) is 0 Å². The summed E-state index contributed by atoms with van der Waals surface area (Å²) in [5, 5.41) is 5.09. The van der Waals surface area contributed by atoms with E-state index in [-0.39, 0.29) is 11.0 Å². The smallest absolute Gasteiger partial charge is 0.241 e. The van der Waals surface area contributed by atoms with Crippen LogP contribution >= 0.6 is 15.9 Å². The number of halogens is 1. The first-order chi connectivity index (χ1) is 6.98. The van der Waals surface area contributed by atoms with Crippen LogP contribution in [-0.2, 0) is 10.0 Å². The Hall–Kier alpha value is -0.590. The molecule has 1 aromatic carbocycles. The van der Waals surface area contributed by atoms with E-state index in [2.05, 4.69) is 15.9 Å². The normalized spacial score (nSPS) is 16.4. The summed E-state index contributed by atoms with van der Waals surface area (Å²) in [6, 6.07) is 4.79. The Morgan fingerprint density at radius 3 is 2.60 bits per heavy atom. The molecule has 0 spiro atoms. The molecule has 2 rings (SSSR count). The fourth-order valence-corrected chi connectivity index (χ4v) is 2.46. The van der Waals surface area contributed by atoms with Gasteiger partial charge in [-0.25, -0.2) is 13.6 Å². The Labute approximate surface area is 96.6 Å². The van der Waals surface area contributed by atoms with Crippen LogP contribution in [0, 0.1) is 0 Å². The quantitative estimate of drug-likeness (QED) is 0.920. The summed E-state index contributed by atoms with van der Waals surface area (Å²) in [4.78, 5) is 0.0313. The average Bonchev–Trinajstić information content (AvgIpc) is 2.90. The van der Waals surface area contributed by atoms with Gasteiger partial charge in [0.1, 0.15) is 4.90 Å². The zero-order valence-corrected chi connectivity index (χ0v) is 10.2. The summed E-state index contributed by atoms with van der Waals surface area (Å²) in [6.45, 7) is 0. The Bertz CT molecular complexity index is 482. The monoisotopic (exact) mass is 291 g/mol. The molecule has 2 N–H and O–H groups in total. The Balaban J connectivity index is 2.47. The molecule has 0 aromatic heterocycles. The molecule has 6 heteroatoms. The molecule has 0 radical (unpaired) electrons. The van der Waals surface area contributed by atoms with Gasteiger partial charge in [0.2, 0.25) is 10.0 Å². The predicted octanol–water partition coefficient (Wildman–Crippen LogP) is 1.64. The minimum Gasteiger partial charge on any atom is -0.488 e. The molecule has 0 aliphatic heterocycles. The van der Waals surface area contributed by atoms with Crippen LogP contribution in [0.1, 0.15) is 12.8 Å². The van der Waals surface area contributed by atoms with Crippen molar-refractivity contribution in [3.05, 3.63) is 22.7 Å². The van der Waals surface area contributed by atoms with Crippen LogP contribution in [0.2, 0.25) is 0 Å². The maximum Gasteiger partial charge on any atom is 0.241 e. The van der Waals surface area contributed by atoms with Gasteiger partial charge in [-0.3, -0.25) is 0 Å². The molecule has 82 valence electrons. The largest absolute Gasteiger partial charge is 0.488 e. The van der Waals surface area contributed by atoms with E-state index in [0.717, 1.165) is 12.8 Å². The van der Waals surface area contributed by atoms with Gasteiger partial charge in [0.05, 0.1) is 10.6 Å². The van der Waals surface area contributed by atoms with E-state index >= 15 is 0 Å². The van der Waals surface area contributed by atoms with E-state index < -0.39 is 10.0 Å². The fraction of sp³-hybridized carbons (Fsp3) is 0.333. The predicted molar refractivity (Wildman–Crippen MR) is 59.2 cm³/mol. The molecule has 4 nitrogen and oxygen atoms in total. The highest BCUT2D eigenvalue weighted by Gasteiger charge is 2.27. The lowest BCUT2D eigenvalue weighted by Crippen LogP contribution is -2.14. The van der Waals surface area contributed by atoms with Crippen molar-refractivity contribution in [1.29, 1.82) is 0 Å². The SMILES string of the molecule is NS(=O)(=O)c1cccc(Br)c1OC1CC1. The molecule has 1 aliphatic rings. The van der Waals surface area contributed by atoms with E-state index in [0.29, 0.717) is 10.2 Å². The average molecular weight is 292 g/mol. The molecular formula is C9H10BrNO3S. The maximum absolute atomic E-state index is 11.3. The summed E-state index contributed by atoms with van der Waals surface area (Å²) >= 11 is 3.25. The summed E-state index contributed by atoms with van der Waals surface area (Å²) in [5.41, 5.74) is 0. The number of rotatable bonds is 3. The topological polar surface area (TPSA) is 69.4 Å². The lowest BCUT2D eigenvalue weighted by molar-refractivity contribution is 0.293. The number of hydrogen-bond acceptors (Lipinski definition) is 3. The van der Waals surface area contributed by atoms with Crippen LogP contribution in [0.25, 0.3) is 0 Å². The molecule has 1 fully saturated rings. The van der Waals surface area contributed by atoms with E-state index in [4.69, 9.17) is 9.88 Å². The van der Waals surface area contributed by atoms with Gasteiger partial charge < -0.3 is 4.74 Å². The third kappa shape index (κ3) is 2.50. The van der Waals surface area contributed by atoms with Crippen molar-refractivity contribution in [2.75, 3.05) is 0 Å². The van der Waals surface area contributed by atoms with Crippen LogP contribution in [0.3, 0.4) is 0 Å². The van der Waals surface area contributed by atoms with Crippen LogP contribution in [0.5, 0.6) is 5.75 Å². The lowest BCUT2D eigenvalue weighted by atomic mass is 10.3. The molecule has 0 amide bonds. The minimum atomic E-state index is -3.73. The van der Waals surface area contributed by atoms with Crippen molar-refractivity contribution in [3.63, 3.8) is 0 Å². The first kappa shape index (κ1) is 10.9. The number of benzene rings is 1. The molecule has 1 saturated carbocycles. The highest BCUT2D eigenvalue weighted by Crippen LogP contribution is 2.36. The summed E-state index contributed by atoms with van der Waals surface area (Å²) in [7, 11) is -3.73. The molecule has 0 saturated heterocycles. The second-order valence-electron chi connectivity index (χ2n) is 3.43. The maximum atomic E-state index is 11.3. The lowest BCUT2D eigenvalue weighted by Gasteiger charge is -2.10. The third-order valence-electron chi connectivity index (χ3n) is 2.05. The van der Waals surface area contributed by atoms with Crippen molar-refractivity contribution >= 4 is 26.0 Å². The molecular weight excluding hydrogens is 282 g/mol. The van der Waals surface area contributed by atoms with E-state index in [1.807, 2.05) is 0 Å². The molecule has 0 unspecified atom stereocenters. The van der Waals surface area contributed by atoms with E-state index in [1.165, 1.54) is 6.07 Å². The van der Waals surface area contributed by atoms with Crippen LogP contribution < -0.4 is 9.88 Å². The van der Waals surface area contributed by atoms with Crippen molar-refractivity contribution in [3.8, 4) is 5.75 Å². The second kappa shape index (κ2) is 3.77. The summed E-state index contributed by atoms with van der Waals surface area (Å²) < 4.78 is 28.7.